The molecule has 3 aromatic rings. The zero-order valence-electron chi connectivity index (χ0n) is 15.4. The van der Waals surface area contributed by atoms with Crippen molar-refractivity contribution in [3.63, 3.8) is 0 Å². The summed E-state index contributed by atoms with van der Waals surface area (Å²) in [6, 6.07) is 23.9. The Bertz CT molecular complexity index is 734. The Morgan fingerprint density at radius 2 is 1.35 bits per heavy atom. The molecule has 0 saturated carbocycles. The highest BCUT2D eigenvalue weighted by Crippen LogP contribution is 2.19. The first kappa shape index (κ1) is 18.8. The second-order valence-corrected chi connectivity index (χ2v) is 7.78. The van der Waals surface area contributed by atoms with E-state index in [0.29, 0.717) is 0 Å². The van der Waals surface area contributed by atoms with E-state index in [1.54, 1.807) is 6.26 Å². The highest BCUT2D eigenvalue weighted by Gasteiger charge is 2.00. The lowest BCUT2D eigenvalue weighted by atomic mass is 10.0. The molecule has 1 nitrogen and oxygen atoms in total. The Morgan fingerprint density at radius 3 is 2.12 bits per heavy atom. The van der Waals surface area contributed by atoms with Crippen molar-refractivity contribution in [3.05, 3.63) is 95.4 Å². The van der Waals surface area contributed by atoms with Crippen LogP contribution in [-0.2, 0) is 24.3 Å². The van der Waals surface area contributed by atoms with Gasteiger partial charge in [0, 0.05) is 5.75 Å². The van der Waals surface area contributed by atoms with Gasteiger partial charge in [-0.05, 0) is 54.5 Å². The minimum Gasteiger partial charge on any atom is -0.468 e. The summed E-state index contributed by atoms with van der Waals surface area (Å²) in [6.45, 7) is 0. The van der Waals surface area contributed by atoms with Crippen molar-refractivity contribution in [2.75, 3.05) is 0 Å². The van der Waals surface area contributed by atoms with Crippen LogP contribution in [0.1, 0.15) is 48.1 Å². The molecule has 0 atom stereocenters. The van der Waals surface area contributed by atoms with E-state index < -0.39 is 0 Å². The third kappa shape index (κ3) is 6.76. The van der Waals surface area contributed by atoms with Crippen LogP contribution in [0, 0.1) is 0 Å². The van der Waals surface area contributed by atoms with Gasteiger partial charge in [-0.3, -0.25) is 0 Å². The number of rotatable bonds is 11. The molecular formula is C24H28OS. The van der Waals surface area contributed by atoms with Crippen molar-refractivity contribution >= 4 is 11.8 Å². The maximum Gasteiger partial charge on any atom is 0.113 e. The van der Waals surface area contributed by atoms with Crippen LogP contribution >= 0.6 is 11.8 Å². The number of furan rings is 1. The summed E-state index contributed by atoms with van der Waals surface area (Å²) >= 11 is 1.91. The molecule has 2 heteroatoms. The van der Waals surface area contributed by atoms with Crippen LogP contribution < -0.4 is 0 Å². The fourth-order valence-corrected chi connectivity index (χ4v) is 4.08. The van der Waals surface area contributed by atoms with Crippen molar-refractivity contribution in [3.8, 4) is 0 Å². The molecular weight excluding hydrogens is 336 g/mol. The smallest absolute Gasteiger partial charge is 0.113 e. The zero-order valence-corrected chi connectivity index (χ0v) is 16.2. The number of aryl methyl sites for hydroxylation is 2. The van der Waals surface area contributed by atoms with Crippen LogP contribution in [0.5, 0.6) is 0 Å². The molecule has 136 valence electrons. The van der Waals surface area contributed by atoms with Gasteiger partial charge in [0.2, 0.25) is 0 Å². The Morgan fingerprint density at radius 1 is 0.615 bits per heavy atom. The van der Waals surface area contributed by atoms with Crippen molar-refractivity contribution in [1.29, 1.82) is 0 Å². The van der Waals surface area contributed by atoms with Crippen molar-refractivity contribution < 1.29 is 4.42 Å². The molecule has 1 heterocycles. The fraction of sp³-hybridized carbons (Fsp3) is 0.333. The van der Waals surface area contributed by atoms with Gasteiger partial charge < -0.3 is 4.42 Å². The number of thioether (sulfide) groups is 1. The summed E-state index contributed by atoms with van der Waals surface area (Å²) in [4.78, 5) is 0. The summed E-state index contributed by atoms with van der Waals surface area (Å²) < 4.78 is 5.39. The number of hydrogen-bond donors (Lipinski definition) is 0. The minimum absolute atomic E-state index is 0.943. The lowest BCUT2D eigenvalue weighted by molar-refractivity contribution is 0.530. The molecule has 26 heavy (non-hydrogen) atoms. The Kier molecular flexibility index (Phi) is 7.92. The molecule has 0 spiro atoms. The van der Waals surface area contributed by atoms with Gasteiger partial charge in [-0.1, -0.05) is 67.4 Å². The number of benzene rings is 2. The molecule has 0 N–H and O–H groups in total. The lowest BCUT2D eigenvalue weighted by Crippen LogP contribution is -1.90. The van der Waals surface area contributed by atoms with Gasteiger partial charge in [-0.2, -0.15) is 0 Å². The molecule has 1 aromatic heterocycles. The van der Waals surface area contributed by atoms with Crippen molar-refractivity contribution in [1.82, 2.24) is 0 Å². The highest BCUT2D eigenvalue weighted by atomic mass is 32.2. The largest absolute Gasteiger partial charge is 0.468 e. The first-order chi connectivity index (χ1) is 12.9. The second kappa shape index (κ2) is 10.9. The van der Waals surface area contributed by atoms with Gasteiger partial charge >= 0.3 is 0 Å². The van der Waals surface area contributed by atoms with E-state index in [2.05, 4.69) is 54.6 Å². The molecule has 3 rings (SSSR count). The predicted molar refractivity (Wildman–Crippen MR) is 112 cm³/mol. The Balaban J connectivity index is 1.30. The normalized spacial score (nSPS) is 10.9. The quantitative estimate of drug-likeness (QED) is 0.338. The maximum absolute atomic E-state index is 5.39. The average Bonchev–Trinajstić information content (AvgIpc) is 3.19. The summed E-state index contributed by atoms with van der Waals surface area (Å²) in [5.41, 5.74) is 4.36. The Labute approximate surface area is 161 Å². The van der Waals surface area contributed by atoms with Gasteiger partial charge in [0.15, 0.2) is 0 Å². The van der Waals surface area contributed by atoms with Crippen molar-refractivity contribution in [2.24, 2.45) is 0 Å². The van der Waals surface area contributed by atoms with E-state index in [4.69, 9.17) is 4.42 Å². The van der Waals surface area contributed by atoms with Gasteiger partial charge in [-0.25, -0.2) is 0 Å². The fourth-order valence-electron chi connectivity index (χ4n) is 3.20. The van der Waals surface area contributed by atoms with E-state index in [0.717, 1.165) is 17.3 Å². The lowest BCUT2D eigenvalue weighted by Gasteiger charge is -2.06. The summed E-state index contributed by atoms with van der Waals surface area (Å²) in [7, 11) is 0. The standard InChI is InChI=1S/C24H28OS/c1(4-10-21-11-6-3-7-12-21)2-5-13-22-14-8-15-23(18-22)19-26-20-24-16-9-17-25-24/h3,6-9,11-12,14-18H,1-2,4-5,10,13,19-20H2. The minimum atomic E-state index is 0.943. The van der Waals surface area contributed by atoms with Gasteiger partial charge in [-0.15, -0.1) is 11.8 Å². The Hall–Kier alpha value is -1.93. The van der Waals surface area contributed by atoms with E-state index in [1.165, 1.54) is 55.2 Å². The van der Waals surface area contributed by atoms with Crippen molar-refractivity contribution in [2.45, 2.75) is 50.0 Å². The van der Waals surface area contributed by atoms with Crippen LogP contribution in [0.4, 0.5) is 0 Å². The van der Waals surface area contributed by atoms with Gasteiger partial charge in [0.05, 0.1) is 12.0 Å². The molecule has 0 amide bonds. The molecule has 0 aliphatic rings. The van der Waals surface area contributed by atoms with E-state index in [-0.39, 0.29) is 0 Å². The monoisotopic (exact) mass is 364 g/mol. The molecule has 0 bridgehead atoms. The zero-order chi connectivity index (χ0) is 17.9. The first-order valence-corrected chi connectivity index (χ1v) is 10.8. The van der Waals surface area contributed by atoms with Crippen LogP contribution in [0.15, 0.2) is 77.4 Å². The maximum atomic E-state index is 5.39. The van der Waals surface area contributed by atoms with Gasteiger partial charge in [0.25, 0.3) is 0 Å². The van der Waals surface area contributed by atoms with Crippen LogP contribution in [-0.4, -0.2) is 0 Å². The first-order valence-electron chi connectivity index (χ1n) is 9.62. The summed E-state index contributed by atoms with van der Waals surface area (Å²) in [5.74, 6) is 3.05. The summed E-state index contributed by atoms with van der Waals surface area (Å²) in [5, 5.41) is 0. The number of unbranched alkanes of at least 4 members (excludes halogenated alkanes) is 3. The second-order valence-electron chi connectivity index (χ2n) is 6.79. The molecule has 0 fully saturated rings. The summed E-state index contributed by atoms with van der Waals surface area (Å²) in [6.07, 6.45) is 9.39. The molecule has 0 radical (unpaired) electrons. The third-order valence-corrected chi connectivity index (χ3v) is 5.63. The van der Waals surface area contributed by atoms with Crippen LogP contribution in [0.3, 0.4) is 0 Å². The topological polar surface area (TPSA) is 13.1 Å². The van der Waals surface area contributed by atoms with E-state index in [1.807, 2.05) is 23.9 Å². The average molecular weight is 365 g/mol. The molecule has 0 saturated heterocycles. The molecule has 0 unspecified atom stereocenters. The van der Waals surface area contributed by atoms with Crippen LogP contribution in [0.25, 0.3) is 0 Å². The van der Waals surface area contributed by atoms with Gasteiger partial charge in [0.1, 0.15) is 5.76 Å². The third-order valence-electron chi connectivity index (χ3n) is 4.61. The van der Waals surface area contributed by atoms with E-state index in [9.17, 15) is 0 Å². The van der Waals surface area contributed by atoms with Crippen LogP contribution in [0.2, 0.25) is 0 Å². The van der Waals surface area contributed by atoms with E-state index >= 15 is 0 Å². The predicted octanol–water partition coefficient (Wildman–Crippen LogP) is 7.06. The highest BCUT2D eigenvalue weighted by molar-refractivity contribution is 7.97. The number of hydrogen-bond acceptors (Lipinski definition) is 2. The molecule has 0 aliphatic heterocycles. The molecule has 2 aromatic carbocycles. The SMILES string of the molecule is c1ccc(CCCCCCc2cccc(CSCc3ccco3)c2)cc1. The molecule has 0 aliphatic carbocycles.